The van der Waals surface area contributed by atoms with Gasteiger partial charge in [0.2, 0.25) is 0 Å². The maximum absolute atomic E-state index is 4.43. The number of rotatable bonds is 4. The molecule has 1 heterocycles. The third kappa shape index (κ3) is 3.14. The van der Waals surface area contributed by atoms with Gasteiger partial charge in [-0.1, -0.05) is 19.3 Å². The summed E-state index contributed by atoms with van der Waals surface area (Å²) < 4.78 is 1.91. The molecule has 1 aromatic heterocycles. The number of nitrogens with one attached hydrogen (secondary N) is 1. The predicted molar refractivity (Wildman–Crippen MR) is 75.5 cm³/mol. The lowest BCUT2D eigenvalue weighted by Gasteiger charge is -2.30. The van der Waals surface area contributed by atoms with E-state index in [-0.39, 0.29) is 0 Å². The standard InChI is InChI=1S/C15H27N3/c1-11(14-8-6-5-7-9-14)16-12(2)15-10-18(4)17-13(15)3/h10-12,14,16H,5-9H2,1-4H3/t11-,12?/m1/s1. The second-order valence-electron chi connectivity index (χ2n) is 5.92. The molecule has 3 heteroatoms. The summed E-state index contributed by atoms with van der Waals surface area (Å²) >= 11 is 0. The summed E-state index contributed by atoms with van der Waals surface area (Å²) in [5, 5.41) is 8.20. The minimum absolute atomic E-state index is 0.399. The van der Waals surface area contributed by atoms with Crippen molar-refractivity contribution in [2.45, 2.75) is 65.0 Å². The van der Waals surface area contributed by atoms with Crippen LogP contribution in [0.25, 0.3) is 0 Å². The van der Waals surface area contributed by atoms with E-state index in [1.54, 1.807) is 0 Å². The van der Waals surface area contributed by atoms with E-state index in [4.69, 9.17) is 0 Å². The van der Waals surface area contributed by atoms with E-state index in [1.165, 1.54) is 37.7 Å². The Morgan fingerprint density at radius 1 is 1.28 bits per heavy atom. The van der Waals surface area contributed by atoms with Crippen LogP contribution in [-0.4, -0.2) is 15.8 Å². The van der Waals surface area contributed by atoms with Crippen LogP contribution in [0.15, 0.2) is 6.20 Å². The van der Waals surface area contributed by atoms with Crippen molar-refractivity contribution in [3.63, 3.8) is 0 Å². The molecule has 2 atom stereocenters. The van der Waals surface area contributed by atoms with Gasteiger partial charge in [-0.05, 0) is 39.5 Å². The van der Waals surface area contributed by atoms with Crippen molar-refractivity contribution in [2.75, 3.05) is 0 Å². The van der Waals surface area contributed by atoms with E-state index in [0.717, 1.165) is 11.6 Å². The molecule has 1 unspecified atom stereocenters. The summed E-state index contributed by atoms with van der Waals surface area (Å²) in [6.07, 6.45) is 9.19. The molecule has 1 saturated carbocycles. The zero-order chi connectivity index (χ0) is 13.1. The number of aryl methyl sites for hydroxylation is 2. The Labute approximate surface area is 111 Å². The fraction of sp³-hybridized carbons (Fsp3) is 0.800. The highest BCUT2D eigenvalue weighted by Crippen LogP contribution is 2.28. The van der Waals surface area contributed by atoms with E-state index in [2.05, 4.69) is 37.4 Å². The average molecular weight is 249 g/mol. The second-order valence-corrected chi connectivity index (χ2v) is 5.92. The third-order valence-corrected chi connectivity index (χ3v) is 4.39. The summed E-state index contributed by atoms with van der Waals surface area (Å²) in [6, 6.07) is 1.01. The Hall–Kier alpha value is -0.830. The fourth-order valence-corrected chi connectivity index (χ4v) is 3.30. The Morgan fingerprint density at radius 2 is 1.94 bits per heavy atom. The van der Waals surface area contributed by atoms with Crippen LogP contribution in [0.2, 0.25) is 0 Å². The van der Waals surface area contributed by atoms with Gasteiger partial charge in [-0.3, -0.25) is 4.68 Å². The monoisotopic (exact) mass is 249 g/mol. The molecule has 2 rings (SSSR count). The molecule has 0 radical (unpaired) electrons. The van der Waals surface area contributed by atoms with Crippen molar-refractivity contribution in [2.24, 2.45) is 13.0 Å². The van der Waals surface area contributed by atoms with Crippen molar-refractivity contribution in [3.05, 3.63) is 17.5 Å². The Morgan fingerprint density at radius 3 is 2.50 bits per heavy atom. The number of hydrogen-bond donors (Lipinski definition) is 1. The van der Waals surface area contributed by atoms with Crippen molar-refractivity contribution in [1.29, 1.82) is 0 Å². The van der Waals surface area contributed by atoms with Gasteiger partial charge in [-0.25, -0.2) is 0 Å². The molecule has 1 aliphatic rings. The summed E-state index contributed by atoms with van der Waals surface area (Å²) in [7, 11) is 1.99. The Bertz CT molecular complexity index is 377. The first kappa shape index (κ1) is 13.6. The first-order valence-corrected chi connectivity index (χ1v) is 7.34. The first-order chi connectivity index (χ1) is 8.58. The lowest BCUT2D eigenvalue weighted by Crippen LogP contribution is -2.36. The molecule has 0 bridgehead atoms. The average Bonchev–Trinajstić information content (AvgIpc) is 2.69. The van der Waals surface area contributed by atoms with E-state index < -0.39 is 0 Å². The molecule has 0 aliphatic heterocycles. The van der Waals surface area contributed by atoms with Crippen LogP contribution < -0.4 is 5.32 Å². The maximum Gasteiger partial charge on any atom is 0.0641 e. The van der Waals surface area contributed by atoms with Gasteiger partial charge < -0.3 is 5.32 Å². The van der Waals surface area contributed by atoms with E-state index in [9.17, 15) is 0 Å². The quantitative estimate of drug-likeness (QED) is 0.887. The zero-order valence-electron chi connectivity index (χ0n) is 12.2. The molecule has 0 spiro atoms. The molecular formula is C15H27N3. The molecule has 1 N–H and O–H groups in total. The molecule has 18 heavy (non-hydrogen) atoms. The van der Waals surface area contributed by atoms with Crippen LogP contribution in [0.1, 0.15) is 63.3 Å². The molecule has 0 aromatic carbocycles. The topological polar surface area (TPSA) is 29.9 Å². The Kier molecular flexibility index (Phi) is 4.44. The van der Waals surface area contributed by atoms with Crippen molar-refractivity contribution >= 4 is 0 Å². The summed E-state index contributed by atoms with van der Waals surface area (Å²) in [5.74, 6) is 0.859. The highest BCUT2D eigenvalue weighted by molar-refractivity contribution is 5.19. The van der Waals surface area contributed by atoms with Gasteiger partial charge in [0.1, 0.15) is 0 Å². The van der Waals surface area contributed by atoms with Crippen molar-refractivity contribution in [1.82, 2.24) is 15.1 Å². The van der Waals surface area contributed by atoms with Gasteiger partial charge in [0.25, 0.3) is 0 Å². The number of aromatic nitrogens is 2. The first-order valence-electron chi connectivity index (χ1n) is 7.34. The minimum Gasteiger partial charge on any atom is -0.307 e. The molecule has 1 aromatic rings. The SMILES string of the molecule is Cc1nn(C)cc1C(C)N[C@H](C)C1CCCCC1. The lowest BCUT2D eigenvalue weighted by molar-refractivity contribution is 0.268. The maximum atomic E-state index is 4.43. The molecular weight excluding hydrogens is 222 g/mol. The van der Waals surface area contributed by atoms with Crippen LogP contribution in [0.5, 0.6) is 0 Å². The molecule has 102 valence electrons. The van der Waals surface area contributed by atoms with Crippen LogP contribution in [0.4, 0.5) is 0 Å². The van der Waals surface area contributed by atoms with Gasteiger partial charge in [0.15, 0.2) is 0 Å². The van der Waals surface area contributed by atoms with Crippen molar-refractivity contribution < 1.29 is 0 Å². The summed E-state index contributed by atoms with van der Waals surface area (Å²) in [5.41, 5.74) is 2.48. The van der Waals surface area contributed by atoms with Gasteiger partial charge in [-0.2, -0.15) is 5.10 Å². The van der Waals surface area contributed by atoms with E-state index in [0.29, 0.717) is 12.1 Å². The molecule has 3 nitrogen and oxygen atoms in total. The number of nitrogens with zero attached hydrogens (tertiary/aromatic N) is 2. The molecule has 0 saturated heterocycles. The van der Waals surface area contributed by atoms with Gasteiger partial charge in [-0.15, -0.1) is 0 Å². The van der Waals surface area contributed by atoms with Gasteiger partial charge >= 0.3 is 0 Å². The summed E-state index contributed by atoms with van der Waals surface area (Å²) in [4.78, 5) is 0. The van der Waals surface area contributed by atoms with Crippen LogP contribution in [0.3, 0.4) is 0 Å². The van der Waals surface area contributed by atoms with Crippen LogP contribution in [0, 0.1) is 12.8 Å². The zero-order valence-corrected chi connectivity index (χ0v) is 12.2. The highest BCUT2D eigenvalue weighted by Gasteiger charge is 2.22. The van der Waals surface area contributed by atoms with Crippen LogP contribution >= 0.6 is 0 Å². The van der Waals surface area contributed by atoms with Gasteiger partial charge in [0.05, 0.1) is 5.69 Å². The highest BCUT2D eigenvalue weighted by atomic mass is 15.3. The smallest absolute Gasteiger partial charge is 0.0641 e. The van der Waals surface area contributed by atoms with E-state index in [1.807, 2.05) is 11.7 Å². The largest absolute Gasteiger partial charge is 0.307 e. The fourth-order valence-electron chi connectivity index (χ4n) is 3.30. The predicted octanol–water partition coefficient (Wildman–Crippen LogP) is 3.35. The van der Waals surface area contributed by atoms with Crippen LogP contribution in [-0.2, 0) is 7.05 Å². The summed E-state index contributed by atoms with van der Waals surface area (Å²) in [6.45, 7) is 6.69. The molecule has 1 fully saturated rings. The second kappa shape index (κ2) is 5.87. The van der Waals surface area contributed by atoms with Gasteiger partial charge in [0, 0.05) is 30.9 Å². The normalized spacial score (nSPS) is 20.9. The third-order valence-electron chi connectivity index (χ3n) is 4.39. The number of hydrogen-bond acceptors (Lipinski definition) is 2. The minimum atomic E-state index is 0.399. The Balaban J connectivity index is 1.93. The molecule has 0 amide bonds. The van der Waals surface area contributed by atoms with Crippen molar-refractivity contribution in [3.8, 4) is 0 Å². The molecule has 1 aliphatic carbocycles. The van der Waals surface area contributed by atoms with E-state index >= 15 is 0 Å². The lowest BCUT2D eigenvalue weighted by atomic mass is 9.84.